The van der Waals surface area contributed by atoms with E-state index in [1.807, 2.05) is 32.1 Å². The number of carbonyl (C=O) groups is 1. The summed E-state index contributed by atoms with van der Waals surface area (Å²) in [5.41, 5.74) is 3.26. The van der Waals surface area contributed by atoms with Crippen molar-refractivity contribution in [1.82, 2.24) is 9.88 Å². The first kappa shape index (κ1) is 14.2. The molecule has 0 spiro atoms. The zero-order valence-corrected chi connectivity index (χ0v) is 13.3. The van der Waals surface area contributed by atoms with Crippen LogP contribution in [0.4, 0.5) is 0 Å². The number of thiocarbonyl (C=S) groups is 1. The number of carbonyl (C=O) groups excluding carboxylic acids is 1. The molecule has 108 valence electrons. The van der Waals surface area contributed by atoms with Crippen LogP contribution >= 0.6 is 24.0 Å². The summed E-state index contributed by atoms with van der Waals surface area (Å²) < 4.78 is 8.08. The molecule has 2 aromatic rings. The fraction of sp³-hybridized carbons (Fsp3) is 0.200. The van der Waals surface area contributed by atoms with Crippen LogP contribution < -0.4 is 5.32 Å². The van der Waals surface area contributed by atoms with Crippen LogP contribution in [-0.4, -0.2) is 14.8 Å². The maximum atomic E-state index is 11.7. The van der Waals surface area contributed by atoms with Gasteiger partial charge in [0.05, 0.1) is 17.7 Å². The van der Waals surface area contributed by atoms with Crippen molar-refractivity contribution in [2.45, 2.75) is 20.4 Å². The van der Waals surface area contributed by atoms with Crippen molar-refractivity contribution in [3.8, 4) is 0 Å². The molecule has 3 rings (SSSR count). The summed E-state index contributed by atoms with van der Waals surface area (Å²) in [4.78, 5) is 12.4. The first-order valence-corrected chi connectivity index (χ1v) is 7.71. The van der Waals surface area contributed by atoms with E-state index in [9.17, 15) is 4.79 Å². The molecule has 0 aliphatic carbocycles. The number of aryl methyl sites for hydroxylation is 1. The Balaban J connectivity index is 1.93. The third-order valence-corrected chi connectivity index (χ3v) is 4.60. The van der Waals surface area contributed by atoms with Gasteiger partial charge in [-0.3, -0.25) is 4.79 Å². The summed E-state index contributed by atoms with van der Waals surface area (Å²) in [7, 11) is 0. The van der Waals surface area contributed by atoms with E-state index in [0.29, 0.717) is 15.8 Å². The second kappa shape index (κ2) is 5.54. The summed E-state index contributed by atoms with van der Waals surface area (Å²) in [6.45, 7) is 4.77. The van der Waals surface area contributed by atoms with Crippen LogP contribution in [0.5, 0.6) is 0 Å². The molecule has 1 N–H and O–H groups in total. The molecule has 0 atom stereocenters. The van der Waals surface area contributed by atoms with Gasteiger partial charge < -0.3 is 14.3 Å². The summed E-state index contributed by atoms with van der Waals surface area (Å²) >= 11 is 6.30. The Hall–Kier alpha value is -1.79. The summed E-state index contributed by atoms with van der Waals surface area (Å²) in [5, 5.41) is 2.63. The molecule has 2 aromatic heterocycles. The summed E-state index contributed by atoms with van der Waals surface area (Å²) in [5.74, 6) is 0.783. The van der Waals surface area contributed by atoms with Crippen LogP contribution in [0, 0.1) is 13.8 Å². The largest absolute Gasteiger partial charge is 0.467 e. The predicted molar refractivity (Wildman–Crippen MR) is 88.0 cm³/mol. The first-order chi connectivity index (χ1) is 10.0. The highest BCUT2D eigenvalue weighted by molar-refractivity contribution is 8.26. The van der Waals surface area contributed by atoms with E-state index in [2.05, 4.69) is 16.0 Å². The van der Waals surface area contributed by atoms with Gasteiger partial charge in [0.25, 0.3) is 5.91 Å². The number of amides is 1. The molecule has 0 bridgehead atoms. The van der Waals surface area contributed by atoms with Crippen LogP contribution in [0.1, 0.15) is 22.7 Å². The molecule has 1 aliphatic heterocycles. The van der Waals surface area contributed by atoms with Crippen molar-refractivity contribution in [3.63, 3.8) is 0 Å². The number of furan rings is 1. The third kappa shape index (κ3) is 2.82. The Labute approximate surface area is 132 Å². The molecule has 3 heterocycles. The smallest absolute Gasteiger partial charge is 0.263 e. The maximum Gasteiger partial charge on any atom is 0.263 e. The summed E-state index contributed by atoms with van der Waals surface area (Å²) in [6.07, 6.45) is 3.56. The molecule has 1 fully saturated rings. The maximum absolute atomic E-state index is 11.7. The SMILES string of the molecule is Cc1cc(C=C2SC(=S)NC2=O)c(C)n1Cc1ccco1. The number of nitrogens with zero attached hydrogens (tertiary/aromatic N) is 1. The van der Waals surface area contributed by atoms with Gasteiger partial charge >= 0.3 is 0 Å². The van der Waals surface area contributed by atoms with E-state index < -0.39 is 0 Å². The van der Waals surface area contributed by atoms with Crippen molar-refractivity contribution >= 4 is 40.3 Å². The van der Waals surface area contributed by atoms with Crippen molar-refractivity contribution in [3.05, 3.63) is 52.1 Å². The number of nitrogens with one attached hydrogen (secondary N) is 1. The van der Waals surface area contributed by atoms with Gasteiger partial charge in [0, 0.05) is 11.4 Å². The minimum Gasteiger partial charge on any atom is -0.467 e. The second-order valence-electron chi connectivity index (χ2n) is 4.84. The van der Waals surface area contributed by atoms with Gasteiger partial charge in [-0.1, -0.05) is 24.0 Å². The van der Waals surface area contributed by atoms with Gasteiger partial charge in [-0.05, 0) is 43.7 Å². The molecule has 0 aromatic carbocycles. The van der Waals surface area contributed by atoms with Crippen molar-refractivity contribution < 1.29 is 9.21 Å². The second-order valence-corrected chi connectivity index (χ2v) is 6.56. The minimum absolute atomic E-state index is 0.124. The topological polar surface area (TPSA) is 47.2 Å². The van der Waals surface area contributed by atoms with Crippen LogP contribution in [0.3, 0.4) is 0 Å². The quantitative estimate of drug-likeness (QED) is 0.697. The zero-order chi connectivity index (χ0) is 15.0. The predicted octanol–water partition coefficient (Wildman–Crippen LogP) is 3.24. The number of aromatic nitrogens is 1. The molecule has 1 aliphatic rings. The van der Waals surface area contributed by atoms with Crippen molar-refractivity contribution in [2.75, 3.05) is 0 Å². The number of rotatable bonds is 3. The van der Waals surface area contributed by atoms with E-state index in [1.54, 1.807) is 6.26 Å². The lowest BCUT2D eigenvalue weighted by Gasteiger charge is -2.07. The van der Waals surface area contributed by atoms with Gasteiger partial charge in [-0.25, -0.2) is 0 Å². The molecule has 0 radical (unpaired) electrons. The molecule has 6 heteroatoms. The van der Waals surface area contributed by atoms with Crippen LogP contribution in [0.2, 0.25) is 0 Å². The van der Waals surface area contributed by atoms with Gasteiger partial charge in [0.2, 0.25) is 0 Å². The van der Waals surface area contributed by atoms with Gasteiger partial charge in [0.15, 0.2) is 0 Å². The fourth-order valence-corrected chi connectivity index (χ4v) is 3.37. The highest BCUT2D eigenvalue weighted by Crippen LogP contribution is 2.28. The fourth-order valence-electron chi connectivity index (χ4n) is 2.34. The molecule has 1 saturated heterocycles. The van der Waals surface area contributed by atoms with Crippen molar-refractivity contribution in [1.29, 1.82) is 0 Å². The minimum atomic E-state index is -0.124. The Morgan fingerprint density at radius 2 is 2.29 bits per heavy atom. The number of hydrogen-bond donors (Lipinski definition) is 1. The Morgan fingerprint density at radius 3 is 2.90 bits per heavy atom. The van der Waals surface area contributed by atoms with E-state index >= 15 is 0 Å². The standard InChI is InChI=1S/C15H14N2O2S2/c1-9-6-11(7-13-14(18)16-15(20)21-13)10(2)17(9)8-12-4-3-5-19-12/h3-7H,8H2,1-2H3,(H,16,18,20). The zero-order valence-electron chi connectivity index (χ0n) is 11.7. The third-order valence-electron chi connectivity index (χ3n) is 3.44. The molecule has 1 amide bonds. The Morgan fingerprint density at radius 1 is 1.48 bits per heavy atom. The van der Waals surface area contributed by atoms with Crippen LogP contribution in [-0.2, 0) is 11.3 Å². The van der Waals surface area contributed by atoms with Crippen molar-refractivity contribution in [2.24, 2.45) is 0 Å². The highest BCUT2D eigenvalue weighted by Gasteiger charge is 2.22. The average Bonchev–Trinajstić information content (AvgIpc) is 3.10. The van der Waals surface area contributed by atoms with Gasteiger partial charge in [0.1, 0.15) is 10.1 Å². The Bertz CT molecular complexity index is 742. The highest BCUT2D eigenvalue weighted by atomic mass is 32.2. The van der Waals surface area contributed by atoms with E-state index in [-0.39, 0.29) is 5.91 Å². The lowest BCUT2D eigenvalue weighted by atomic mass is 10.2. The van der Waals surface area contributed by atoms with Crippen LogP contribution in [0.25, 0.3) is 6.08 Å². The van der Waals surface area contributed by atoms with Crippen LogP contribution in [0.15, 0.2) is 33.8 Å². The molecular weight excluding hydrogens is 304 g/mol. The number of hydrogen-bond acceptors (Lipinski definition) is 4. The molecule has 4 nitrogen and oxygen atoms in total. The summed E-state index contributed by atoms with van der Waals surface area (Å²) in [6, 6.07) is 5.91. The van der Waals surface area contributed by atoms with Gasteiger partial charge in [-0.15, -0.1) is 0 Å². The molecule has 21 heavy (non-hydrogen) atoms. The monoisotopic (exact) mass is 318 g/mol. The van der Waals surface area contributed by atoms with E-state index in [0.717, 1.165) is 22.7 Å². The van der Waals surface area contributed by atoms with Gasteiger partial charge in [-0.2, -0.15) is 0 Å². The van der Waals surface area contributed by atoms with E-state index in [4.69, 9.17) is 16.6 Å². The first-order valence-electron chi connectivity index (χ1n) is 6.48. The lowest BCUT2D eigenvalue weighted by Crippen LogP contribution is -2.17. The van der Waals surface area contributed by atoms with E-state index in [1.165, 1.54) is 11.8 Å². The Kier molecular flexibility index (Phi) is 3.73. The molecular formula is C15H14N2O2S2. The molecule has 0 unspecified atom stereocenters. The normalized spacial score (nSPS) is 16.8. The average molecular weight is 318 g/mol. The number of thioether (sulfide) groups is 1. The lowest BCUT2D eigenvalue weighted by molar-refractivity contribution is -0.115. The molecule has 0 saturated carbocycles.